The van der Waals surface area contributed by atoms with Crippen molar-refractivity contribution in [2.45, 2.75) is 0 Å². The van der Waals surface area contributed by atoms with Gasteiger partial charge >= 0.3 is 472 Å². The Kier molecular flexibility index (Phi) is 12.9. The molecule has 0 amide bonds. The first-order chi connectivity index (χ1) is 39.7. The number of hydrogen-bond donors (Lipinski definition) is 0. The number of benzene rings is 3. The van der Waals surface area contributed by atoms with Crippen LogP contribution in [-0.2, 0) is 0 Å². The van der Waals surface area contributed by atoms with Crippen LogP contribution in [0, 0.1) is 0 Å². The van der Waals surface area contributed by atoms with Crippen LogP contribution in [0.3, 0.4) is 0 Å². The summed E-state index contributed by atoms with van der Waals surface area (Å²) in [7, 11) is 0. The Morgan fingerprint density at radius 3 is 0.738 bits per heavy atom. The monoisotopic (exact) mass is 1150 g/mol. The van der Waals surface area contributed by atoms with Crippen molar-refractivity contribution < 1.29 is 0 Å². The molecular weight excluding hydrogens is 1110 g/mol. The van der Waals surface area contributed by atoms with E-state index >= 15 is 0 Å². The van der Waals surface area contributed by atoms with Gasteiger partial charge in [0.1, 0.15) is 0 Å². The molecule has 0 unspecified atom stereocenters. The molecule has 0 atom stereocenters. The summed E-state index contributed by atoms with van der Waals surface area (Å²) in [5.41, 5.74) is 10.5. The first kappa shape index (κ1) is 48.3. The van der Waals surface area contributed by atoms with Gasteiger partial charge in [0.05, 0.1) is 0 Å². The molecule has 3 aromatic carbocycles. The predicted molar refractivity (Wildman–Crippen MR) is 309 cm³/mol. The van der Waals surface area contributed by atoms with Crippen LogP contribution in [0.4, 0.5) is 0 Å². The number of rotatable bonds is 12. The molecule has 18 nitrogen and oxygen atoms in total. The third-order valence-electron chi connectivity index (χ3n) is 13.6. The molecule has 15 rings (SSSR count). The van der Waals surface area contributed by atoms with Crippen molar-refractivity contribution in [3.63, 3.8) is 0 Å². The second-order valence-corrected chi connectivity index (χ2v) is 28.0. The third-order valence-corrected chi connectivity index (χ3v) is 25.5. The zero-order valence-electron chi connectivity index (χ0n) is 42.5. The van der Waals surface area contributed by atoms with Crippen molar-refractivity contribution in [3.8, 4) is 69.1 Å². The van der Waals surface area contributed by atoms with Gasteiger partial charge in [-0.2, -0.15) is 0 Å². The summed E-state index contributed by atoms with van der Waals surface area (Å²) in [5.74, 6) is 4.77. The van der Waals surface area contributed by atoms with Crippen LogP contribution in [0.25, 0.3) is 102 Å². The Labute approximate surface area is 468 Å². The van der Waals surface area contributed by atoms with Gasteiger partial charge in [0.25, 0.3) is 0 Å². The van der Waals surface area contributed by atoms with Crippen LogP contribution < -0.4 is 0 Å². The molecule has 0 aliphatic carbocycles. The number of aromatic nitrogens is 18. The Morgan fingerprint density at radius 2 is 0.475 bits per heavy atom. The van der Waals surface area contributed by atoms with Crippen molar-refractivity contribution in [2.75, 3.05) is 0 Å². The second-order valence-electron chi connectivity index (χ2n) is 18.3. The van der Waals surface area contributed by atoms with Crippen LogP contribution in [0.2, 0.25) is 0 Å². The first-order valence-electron chi connectivity index (χ1n) is 25.7. The molecular formula is C60H42Ga2N18. The summed E-state index contributed by atoms with van der Waals surface area (Å²) in [6, 6.07) is 60.3. The number of hydrogen-bond acceptors (Lipinski definition) is 12. The number of para-hydroxylation sites is 6. The Bertz CT molecular complexity index is 4100. The summed E-state index contributed by atoms with van der Waals surface area (Å²) in [4.78, 5) is 57.9. The normalized spacial score (nSPS) is 11.2. The zero-order valence-corrected chi connectivity index (χ0v) is 47.3. The van der Waals surface area contributed by atoms with E-state index in [2.05, 4.69) is 104 Å². The van der Waals surface area contributed by atoms with E-state index in [4.69, 9.17) is 29.9 Å². The quantitative estimate of drug-likeness (QED) is 0.106. The average molecular weight is 1150 g/mol. The molecule has 0 N–H and O–H groups in total. The molecule has 12 aromatic heterocycles. The molecule has 20 heteroatoms. The maximum atomic E-state index is 5.24. The van der Waals surface area contributed by atoms with E-state index in [1.165, 1.54) is 0 Å². The predicted octanol–water partition coefficient (Wildman–Crippen LogP) is 10.2. The maximum absolute atomic E-state index is 5.24. The van der Waals surface area contributed by atoms with Crippen LogP contribution in [0.1, 0.15) is 0 Å². The van der Waals surface area contributed by atoms with Crippen molar-refractivity contribution in [1.82, 2.24) is 79.5 Å². The van der Waals surface area contributed by atoms with Gasteiger partial charge in [-0.25, -0.2) is 0 Å². The van der Waals surface area contributed by atoms with Gasteiger partial charge in [0, 0.05) is 0 Å². The van der Waals surface area contributed by atoms with Crippen LogP contribution in [0.5, 0.6) is 0 Å². The van der Waals surface area contributed by atoms with Crippen LogP contribution in [0.15, 0.2) is 256 Å². The molecule has 0 saturated heterocycles. The average Bonchev–Trinajstić information content (AvgIpc) is 4.61. The zero-order chi connectivity index (χ0) is 53.2. The van der Waals surface area contributed by atoms with Gasteiger partial charge in [-0.3, -0.25) is 0 Å². The topological polar surface area (TPSA) is 184 Å². The van der Waals surface area contributed by atoms with Crippen molar-refractivity contribution in [3.05, 3.63) is 256 Å². The summed E-state index contributed by atoms with van der Waals surface area (Å²) in [6.07, 6.45) is 22.3. The van der Waals surface area contributed by atoms with E-state index in [1.807, 2.05) is 183 Å². The van der Waals surface area contributed by atoms with E-state index in [-0.39, 0.29) is 0 Å². The van der Waals surface area contributed by atoms with Gasteiger partial charge in [0.2, 0.25) is 0 Å². The second kappa shape index (κ2) is 21.4. The standard InChI is InChI=1S/3C12H8N3.3C8H6N3.2Ga/c3*1-2-6-10-9(5-1)14-12(15-10)11-7-3-4-8-13-11;3*1-2-4-9-7(3-1)8-10-5-6-11-8;;/h3*1-8H;3*1-6H;;/q6*-1;2*+3. The van der Waals surface area contributed by atoms with E-state index < -0.39 is 33.9 Å². The molecule has 0 spiro atoms. The Balaban J connectivity index is 0.000000151. The fourth-order valence-electron chi connectivity index (χ4n) is 10.2. The van der Waals surface area contributed by atoms with Gasteiger partial charge in [-0.1, -0.05) is 0 Å². The fraction of sp³-hybridized carbons (Fsp3) is 0. The first-order valence-corrected chi connectivity index (χ1v) is 32.2. The Hall–Kier alpha value is -10.1. The van der Waals surface area contributed by atoms with E-state index in [0.717, 1.165) is 102 Å². The van der Waals surface area contributed by atoms with Gasteiger partial charge in [-0.15, -0.1) is 0 Å². The minimum absolute atomic E-state index is 0.793. The van der Waals surface area contributed by atoms with Crippen molar-refractivity contribution >= 4 is 67.0 Å². The Morgan fingerprint density at radius 1 is 0.225 bits per heavy atom. The van der Waals surface area contributed by atoms with E-state index in [1.54, 1.807) is 18.6 Å². The third kappa shape index (κ3) is 8.88. The molecule has 0 bridgehead atoms. The van der Waals surface area contributed by atoms with Crippen molar-refractivity contribution in [2.24, 2.45) is 0 Å². The SMILES string of the molecule is c1ccc(-c2nc3ccccc3[n]2[Ga]([n]2c(-c3ccccn3)nc3ccccc32)[n]2c(-c3ccccn3)nc3ccccc32)nc1.c1ccc(-c2ncc[n]2[Ga]([n]2ccnc2-c2ccccn2)[n]2ccnc2-c2ccccn2)nc1. The molecule has 0 aliphatic heterocycles. The summed E-state index contributed by atoms with van der Waals surface area (Å²) < 4.78 is 14.0. The van der Waals surface area contributed by atoms with Gasteiger partial charge in [-0.05, 0) is 0 Å². The summed E-state index contributed by atoms with van der Waals surface area (Å²) in [6.45, 7) is 0. The van der Waals surface area contributed by atoms with Gasteiger partial charge in [0.15, 0.2) is 0 Å². The number of pyridine rings is 6. The molecule has 0 saturated carbocycles. The molecule has 0 radical (unpaired) electrons. The molecule has 378 valence electrons. The summed E-state index contributed by atoms with van der Waals surface area (Å²) >= 11 is -6.58. The van der Waals surface area contributed by atoms with E-state index in [0.29, 0.717) is 0 Å². The number of nitrogens with zero attached hydrogens (tertiary/aromatic N) is 18. The number of fused-ring (bicyclic) bond motifs is 3. The molecule has 0 aliphatic rings. The minimum atomic E-state index is -3.57. The van der Waals surface area contributed by atoms with Crippen LogP contribution in [-0.4, -0.2) is 113 Å². The van der Waals surface area contributed by atoms with Gasteiger partial charge < -0.3 is 0 Å². The fourth-order valence-corrected chi connectivity index (χ4v) is 22.9. The molecule has 15 aromatic rings. The molecule has 12 heterocycles. The summed E-state index contributed by atoms with van der Waals surface area (Å²) in [5, 5.41) is 0. The molecule has 0 fully saturated rings. The number of imidazole rings is 6. The van der Waals surface area contributed by atoms with Crippen LogP contribution >= 0.6 is 0 Å². The van der Waals surface area contributed by atoms with Crippen molar-refractivity contribution in [1.29, 1.82) is 0 Å². The van der Waals surface area contributed by atoms with E-state index in [9.17, 15) is 0 Å². The molecule has 80 heavy (non-hydrogen) atoms.